The van der Waals surface area contributed by atoms with E-state index in [4.69, 9.17) is 5.73 Å². The van der Waals surface area contributed by atoms with E-state index in [-0.39, 0.29) is 5.91 Å². The number of nitrogens with two attached hydrogens (primary N) is 1. The predicted molar refractivity (Wildman–Crippen MR) is 87.0 cm³/mol. The number of carbonyl (C=O) groups excluding carboxylic acids is 1. The van der Waals surface area contributed by atoms with Gasteiger partial charge in [0.15, 0.2) is 0 Å². The fraction of sp³-hybridized carbons (Fsp3) is 0.471. The minimum Gasteiger partial charge on any atom is -0.326 e. The molecule has 114 valence electrons. The summed E-state index contributed by atoms with van der Waals surface area (Å²) in [6, 6.07) is 7.70. The molecule has 0 aliphatic carbocycles. The molecular formula is C17H25N3O. The zero-order valence-corrected chi connectivity index (χ0v) is 12.8. The van der Waals surface area contributed by atoms with Crippen molar-refractivity contribution in [1.29, 1.82) is 0 Å². The number of anilines is 1. The summed E-state index contributed by atoms with van der Waals surface area (Å²) in [7, 11) is 0. The van der Waals surface area contributed by atoms with E-state index in [1.165, 1.54) is 5.57 Å². The number of rotatable bonds is 6. The molecule has 4 nitrogen and oxygen atoms in total. The van der Waals surface area contributed by atoms with Crippen molar-refractivity contribution in [3.8, 4) is 0 Å². The van der Waals surface area contributed by atoms with Crippen molar-refractivity contribution < 1.29 is 4.79 Å². The molecule has 1 heterocycles. The maximum absolute atomic E-state index is 11.9. The number of amides is 1. The largest absolute Gasteiger partial charge is 0.326 e. The quantitative estimate of drug-likeness (QED) is 0.790. The molecule has 4 heteroatoms. The molecule has 0 saturated carbocycles. The minimum absolute atomic E-state index is 0.0768. The molecule has 0 atom stereocenters. The number of carbonyl (C=O) groups is 1. The minimum atomic E-state index is 0.0768. The Morgan fingerprint density at radius 3 is 3.00 bits per heavy atom. The van der Waals surface area contributed by atoms with Crippen LogP contribution in [0.15, 0.2) is 35.9 Å². The average molecular weight is 287 g/mol. The van der Waals surface area contributed by atoms with Crippen molar-refractivity contribution in [2.75, 3.05) is 25.0 Å². The Kier molecular flexibility index (Phi) is 5.96. The fourth-order valence-corrected chi connectivity index (χ4v) is 2.48. The molecule has 1 aromatic rings. The molecule has 0 aromatic heterocycles. The van der Waals surface area contributed by atoms with Crippen LogP contribution in [0, 0.1) is 0 Å². The van der Waals surface area contributed by atoms with E-state index in [9.17, 15) is 4.79 Å². The first-order chi connectivity index (χ1) is 10.2. The van der Waals surface area contributed by atoms with Crippen LogP contribution >= 0.6 is 0 Å². The van der Waals surface area contributed by atoms with E-state index in [0.717, 1.165) is 43.7 Å². The van der Waals surface area contributed by atoms with Crippen LogP contribution in [0.3, 0.4) is 0 Å². The normalized spacial score (nSPS) is 15.6. The zero-order chi connectivity index (χ0) is 15.1. The topological polar surface area (TPSA) is 58.4 Å². The monoisotopic (exact) mass is 287 g/mol. The molecule has 1 amide bonds. The summed E-state index contributed by atoms with van der Waals surface area (Å²) in [6.07, 6.45) is 4.89. The van der Waals surface area contributed by atoms with Gasteiger partial charge in [-0.15, -0.1) is 0 Å². The Morgan fingerprint density at radius 1 is 1.43 bits per heavy atom. The van der Waals surface area contributed by atoms with Gasteiger partial charge >= 0.3 is 0 Å². The van der Waals surface area contributed by atoms with Gasteiger partial charge in [-0.2, -0.15) is 0 Å². The summed E-state index contributed by atoms with van der Waals surface area (Å²) >= 11 is 0. The first-order valence-electron chi connectivity index (χ1n) is 7.64. The van der Waals surface area contributed by atoms with E-state index < -0.39 is 0 Å². The van der Waals surface area contributed by atoms with Crippen molar-refractivity contribution in [2.24, 2.45) is 5.73 Å². The van der Waals surface area contributed by atoms with Gasteiger partial charge < -0.3 is 11.1 Å². The van der Waals surface area contributed by atoms with Gasteiger partial charge in [0.25, 0.3) is 0 Å². The van der Waals surface area contributed by atoms with Gasteiger partial charge in [0.2, 0.25) is 5.91 Å². The zero-order valence-electron chi connectivity index (χ0n) is 12.8. The maximum Gasteiger partial charge on any atom is 0.224 e. The Labute approximate surface area is 127 Å². The SMILES string of the molecule is CC1=CCN(CCCC(=O)Nc2cccc(CN)c2)CC1. The van der Waals surface area contributed by atoms with Crippen LogP contribution in [0.1, 0.15) is 31.7 Å². The summed E-state index contributed by atoms with van der Waals surface area (Å²) in [6.45, 7) is 5.79. The molecule has 0 spiro atoms. The molecule has 1 aromatic carbocycles. The third-order valence-corrected chi connectivity index (χ3v) is 3.84. The van der Waals surface area contributed by atoms with Crippen LogP contribution in [-0.2, 0) is 11.3 Å². The highest BCUT2D eigenvalue weighted by Crippen LogP contribution is 2.12. The molecular weight excluding hydrogens is 262 g/mol. The molecule has 3 N–H and O–H groups in total. The van der Waals surface area contributed by atoms with Gasteiger partial charge in [-0.05, 0) is 44.0 Å². The Balaban J connectivity index is 1.70. The van der Waals surface area contributed by atoms with Crippen LogP contribution in [-0.4, -0.2) is 30.4 Å². The van der Waals surface area contributed by atoms with E-state index >= 15 is 0 Å². The molecule has 0 bridgehead atoms. The van der Waals surface area contributed by atoms with Crippen LogP contribution in [0.2, 0.25) is 0 Å². The number of hydrogen-bond donors (Lipinski definition) is 2. The molecule has 2 rings (SSSR count). The highest BCUT2D eigenvalue weighted by atomic mass is 16.1. The molecule has 0 unspecified atom stereocenters. The van der Waals surface area contributed by atoms with Gasteiger partial charge in [-0.1, -0.05) is 23.8 Å². The number of hydrogen-bond acceptors (Lipinski definition) is 3. The molecule has 1 aliphatic rings. The average Bonchev–Trinajstić information content (AvgIpc) is 2.49. The third kappa shape index (κ3) is 5.33. The summed E-state index contributed by atoms with van der Waals surface area (Å²) in [5.74, 6) is 0.0768. The predicted octanol–water partition coefficient (Wildman–Crippen LogP) is 2.52. The van der Waals surface area contributed by atoms with Gasteiger partial charge in [0.1, 0.15) is 0 Å². The van der Waals surface area contributed by atoms with Crippen LogP contribution in [0.4, 0.5) is 5.69 Å². The second kappa shape index (κ2) is 7.96. The van der Waals surface area contributed by atoms with Gasteiger partial charge in [0, 0.05) is 31.7 Å². The van der Waals surface area contributed by atoms with Crippen LogP contribution in [0.5, 0.6) is 0 Å². The van der Waals surface area contributed by atoms with Crippen molar-refractivity contribution in [2.45, 2.75) is 32.7 Å². The van der Waals surface area contributed by atoms with Crippen molar-refractivity contribution in [3.63, 3.8) is 0 Å². The summed E-state index contributed by atoms with van der Waals surface area (Å²) in [5.41, 5.74) is 8.94. The molecule has 0 saturated heterocycles. The summed E-state index contributed by atoms with van der Waals surface area (Å²) in [4.78, 5) is 14.3. The second-order valence-corrected chi connectivity index (χ2v) is 5.66. The van der Waals surface area contributed by atoms with Crippen LogP contribution in [0.25, 0.3) is 0 Å². The smallest absolute Gasteiger partial charge is 0.224 e. The standard InChI is InChI=1S/C17H25N3O/c1-14-7-10-20(11-8-14)9-3-6-17(21)19-16-5-2-4-15(12-16)13-18/h2,4-5,7,12H,3,6,8-11,13,18H2,1H3,(H,19,21). The lowest BCUT2D eigenvalue weighted by molar-refractivity contribution is -0.116. The molecule has 1 aliphatic heterocycles. The van der Waals surface area contributed by atoms with Crippen molar-refractivity contribution in [3.05, 3.63) is 41.5 Å². The lowest BCUT2D eigenvalue weighted by atomic mass is 10.1. The van der Waals surface area contributed by atoms with Crippen molar-refractivity contribution in [1.82, 2.24) is 4.90 Å². The first kappa shape index (κ1) is 15.7. The molecule has 21 heavy (non-hydrogen) atoms. The van der Waals surface area contributed by atoms with E-state index in [1.54, 1.807) is 0 Å². The highest BCUT2D eigenvalue weighted by Gasteiger charge is 2.10. The van der Waals surface area contributed by atoms with Gasteiger partial charge in [-0.25, -0.2) is 0 Å². The maximum atomic E-state index is 11.9. The Morgan fingerprint density at radius 2 is 2.29 bits per heavy atom. The van der Waals surface area contributed by atoms with E-state index in [1.807, 2.05) is 24.3 Å². The summed E-state index contributed by atoms with van der Waals surface area (Å²) in [5, 5.41) is 2.94. The third-order valence-electron chi connectivity index (χ3n) is 3.84. The number of nitrogens with one attached hydrogen (secondary N) is 1. The van der Waals surface area contributed by atoms with Crippen LogP contribution < -0.4 is 11.1 Å². The number of nitrogens with zero attached hydrogens (tertiary/aromatic N) is 1. The first-order valence-corrected chi connectivity index (χ1v) is 7.64. The molecule has 0 fully saturated rings. The van der Waals surface area contributed by atoms with Crippen molar-refractivity contribution >= 4 is 11.6 Å². The Bertz CT molecular complexity index is 511. The van der Waals surface area contributed by atoms with E-state index in [2.05, 4.69) is 23.2 Å². The lowest BCUT2D eigenvalue weighted by Gasteiger charge is -2.24. The lowest BCUT2D eigenvalue weighted by Crippen LogP contribution is -2.30. The van der Waals surface area contributed by atoms with Gasteiger partial charge in [0.05, 0.1) is 0 Å². The van der Waals surface area contributed by atoms with E-state index in [0.29, 0.717) is 13.0 Å². The van der Waals surface area contributed by atoms with Gasteiger partial charge in [-0.3, -0.25) is 9.69 Å². The number of benzene rings is 1. The fourth-order valence-electron chi connectivity index (χ4n) is 2.48. The molecule has 0 radical (unpaired) electrons. The second-order valence-electron chi connectivity index (χ2n) is 5.66. The Hall–Kier alpha value is -1.65. The highest BCUT2D eigenvalue weighted by molar-refractivity contribution is 5.90. The summed E-state index contributed by atoms with van der Waals surface area (Å²) < 4.78 is 0.